The SMILES string of the molecule is CC1(C)C=CC(N=C=O)(N=C=O)C(SSc2ccccc2)=C1. The number of nitrogens with zero attached hydrogens (tertiary/aromatic N) is 2. The summed E-state index contributed by atoms with van der Waals surface area (Å²) in [5.41, 5.74) is -1.55. The molecular formula is C16H14N2O2S2. The maximum absolute atomic E-state index is 10.8. The molecule has 1 aromatic carbocycles. The summed E-state index contributed by atoms with van der Waals surface area (Å²) in [4.78, 5) is 30.8. The van der Waals surface area contributed by atoms with Crippen LogP contribution in [0.4, 0.5) is 0 Å². The van der Waals surface area contributed by atoms with Gasteiger partial charge in [0, 0.05) is 15.2 Å². The number of isocyanates is 2. The average Bonchev–Trinajstić information content (AvgIpc) is 2.50. The monoisotopic (exact) mass is 330 g/mol. The smallest absolute Gasteiger partial charge is 0.211 e. The fourth-order valence-corrected chi connectivity index (χ4v) is 4.40. The number of allylic oxidation sites excluding steroid dienone is 2. The maximum Gasteiger partial charge on any atom is 0.238 e. The largest absolute Gasteiger partial charge is 0.238 e. The minimum atomic E-state index is -1.34. The van der Waals surface area contributed by atoms with Crippen LogP contribution in [0.15, 0.2) is 68.3 Å². The highest BCUT2D eigenvalue weighted by molar-refractivity contribution is 8.78. The molecule has 0 unspecified atom stereocenters. The van der Waals surface area contributed by atoms with E-state index in [4.69, 9.17) is 0 Å². The molecule has 0 aliphatic heterocycles. The number of carbonyl (C=O) groups excluding carboxylic acids is 2. The molecule has 0 aromatic heterocycles. The highest BCUT2D eigenvalue weighted by Crippen LogP contribution is 2.48. The zero-order chi connectivity index (χ0) is 16.1. The van der Waals surface area contributed by atoms with Crippen molar-refractivity contribution in [1.29, 1.82) is 0 Å². The van der Waals surface area contributed by atoms with Crippen LogP contribution >= 0.6 is 21.6 Å². The number of aliphatic imine (C=N–C) groups is 2. The quantitative estimate of drug-likeness (QED) is 0.350. The molecular weight excluding hydrogens is 316 g/mol. The first kappa shape index (κ1) is 16.5. The Morgan fingerprint density at radius 2 is 1.59 bits per heavy atom. The zero-order valence-corrected chi connectivity index (χ0v) is 13.8. The summed E-state index contributed by atoms with van der Waals surface area (Å²) < 4.78 is 0. The van der Waals surface area contributed by atoms with E-state index in [9.17, 15) is 9.59 Å². The van der Waals surface area contributed by atoms with Gasteiger partial charge in [-0.3, -0.25) is 0 Å². The highest BCUT2D eigenvalue weighted by Gasteiger charge is 2.37. The van der Waals surface area contributed by atoms with Crippen LogP contribution in [0.5, 0.6) is 0 Å². The van der Waals surface area contributed by atoms with Gasteiger partial charge in [-0.05, 0) is 18.2 Å². The zero-order valence-electron chi connectivity index (χ0n) is 12.1. The summed E-state index contributed by atoms with van der Waals surface area (Å²) in [6.45, 7) is 4.05. The van der Waals surface area contributed by atoms with E-state index in [1.807, 2.05) is 56.3 Å². The van der Waals surface area contributed by atoms with Crippen LogP contribution < -0.4 is 0 Å². The fraction of sp³-hybridized carbons (Fsp3) is 0.250. The molecule has 1 aromatic rings. The predicted octanol–water partition coefficient (Wildman–Crippen LogP) is 4.27. The van der Waals surface area contributed by atoms with E-state index in [0.29, 0.717) is 4.91 Å². The first-order chi connectivity index (χ1) is 10.5. The Bertz CT molecular complexity index is 680. The first-order valence-electron chi connectivity index (χ1n) is 6.53. The van der Waals surface area contributed by atoms with Crippen LogP contribution in [0.25, 0.3) is 0 Å². The number of benzene rings is 1. The summed E-state index contributed by atoms with van der Waals surface area (Å²) in [6.07, 6.45) is 8.48. The average molecular weight is 330 g/mol. The van der Waals surface area contributed by atoms with Crippen LogP contribution in [0, 0.1) is 5.41 Å². The van der Waals surface area contributed by atoms with E-state index >= 15 is 0 Å². The molecule has 0 spiro atoms. The van der Waals surface area contributed by atoms with Crippen LogP contribution in [-0.4, -0.2) is 17.8 Å². The van der Waals surface area contributed by atoms with Gasteiger partial charge in [0.2, 0.25) is 17.8 Å². The van der Waals surface area contributed by atoms with Crippen molar-refractivity contribution in [2.24, 2.45) is 15.4 Å². The summed E-state index contributed by atoms with van der Waals surface area (Å²) in [7, 11) is 2.94. The topological polar surface area (TPSA) is 58.9 Å². The lowest BCUT2D eigenvalue weighted by atomic mass is 9.85. The van der Waals surface area contributed by atoms with E-state index < -0.39 is 5.66 Å². The lowest BCUT2D eigenvalue weighted by Gasteiger charge is -2.30. The lowest BCUT2D eigenvalue weighted by Crippen LogP contribution is -2.27. The number of rotatable bonds is 5. The fourth-order valence-electron chi connectivity index (χ4n) is 1.91. The Labute approximate surface area is 136 Å². The maximum atomic E-state index is 10.8. The molecule has 6 heteroatoms. The molecule has 1 aliphatic rings. The van der Waals surface area contributed by atoms with Gasteiger partial charge < -0.3 is 0 Å². The first-order valence-corrected chi connectivity index (χ1v) is 8.68. The van der Waals surface area contributed by atoms with Gasteiger partial charge in [-0.2, -0.15) is 9.98 Å². The van der Waals surface area contributed by atoms with E-state index in [1.54, 1.807) is 6.08 Å². The van der Waals surface area contributed by atoms with E-state index in [2.05, 4.69) is 9.98 Å². The Morgan fingerprint density at radius 1 is 0.955 bits per heavy atom. The van der Waals surface area contributed by atoms with Crippen molar-refractivity contribution >= 4 is 33.7 Å². The normalized spacial score (nSPS) is 22.2. The minimum Gasteiger partial charge on any atom is -0.211 e. The van der Waals surface area contributed by atoms with Crippen molar-refractivity contribution in [2.45, 2.75) is 24.4 Å². The second-order valence-corrected chi connectivity index (χ2v) is 7.52. The third-order valence-corrected chi connectivity index (χ3v) is 5.53. The molecule has 2 rings (SSSR count). The van der Waals surface area contributed by atoms with Gasteiger partial charge in [0.15, 0.2) is 0 Å². The van der Waals surface area contributed by atoms with Gasteiger partial charge in [-0.1, -0.05) is 65.8 Å². The molecule has 1 aliphatic carbocycles. The molecule has 0 radical (unpaired) electrons. The number of hydrogen-bond acceptors (Lipinski definition) is 6. The van der Waals surface area contributed by atoms with Crippen LogP contribution in [0.3, 0.4) is 0 Å². The molecule has 0 fully saturated rings. The highest BCUT2D eigenvalue weighted by atomic mass is 33.1. The summed E-state index contributed by atoms with van der Waals surface area (Å²) in [5, 5.41) is 0. The second-order valence-electron chi connectivity index (χ2n) is 5.28. The molecule has 22 heavy (non-hydrogen) atoms. The molecule has 0 saturated heterocycles. The molecule has 0 amide bonds. The molecule has 0 bridgehead atoms. The third kappa shape index (κ3) is 3.87. The Morgan fingerprint density at radius 3 is 2.18 bits per heavy atom. The molecule has 0 N–H and O–H groups in total. The van der Waals surface area contributed by atoms with Crippen molar-refractivity contribution in [2.75, 3.05) is 0 Å². The van der Waals surface area contributed by atoms with Crippen LogP contribution in [-0.2, 0) is 9.59 Å². The Balaban J connectivity index is 2.35. The lowest BCUT2D eigenvalue weighted by molar-refractivity contribution is 0.529. The van der Waals surface area contributed by atoms with Crippen molar-refractivity contribution in [3.8, 4) is 0 Å². The van der Waals surface area contributed by atoms with Crippen molar-refractivity contribution in [3.63, 3.8) is 0 Å². The van der Waals surface area contributed by atoms with Gasteiger partial charge in [-0.25, -0.2) is 9.59 Å². The van der Waals surface area contributed by atoms with Crippen molar-refractivity contribution < 1.29 is 9.59 Å². The second kappa shape index (κ2) is 6.95. The standard InChI is InChI=1S/C16H14N2O2S2/c1-15(2)8-9-16(17-11-19,18-12-20)14(10-15)22-21-13-6-4-3-5-7-13/h3-10H,1-2H3. The van der Waals surface area contributed by atoms with Gasteiger partial charge in [0.05, 0.1) is 0 Å². The predicted molar refractivity (Wildman–Crippen MR) is 89.9 cm³/mol. The minimum absolute atomic E-state index is 0.208. The molecule has 4 nitrogen and oxygen atoms in total. The summed E-state index contributed by atoms with van der Waals surface area (Å²) in [5.74, 6) is 0. The van der Waals surface area contributed by atoms with Gasteiger partial charge in [-0.15, -0.1) is 0 Å². The van der Waals surface area contributed by atoms with Gasteiger partial charge in [0.25, 0.3) is 0 Å². The van der Waals surface area contributed by atoms with Crippen LogP contribution in [0.1, 0.15) is 13.8 Å². The Hall–Kier alpha value is -1.84. The number of hydrogen-bond donors (Lipinski definition) is 0. The van der Waals surface area contributed by atoms with Gasteiger partial charge in [0.1, 0.15) is 0 Å². The molecule has 0 atom stereocenters. The van der Waals surface area contributed by atoms with Crippen molar-refractivity contribution in [3.05, 3.63) is 53.5 Å². The molecule has 0 saturated carbocycles. The Kier molecular flexibility index (Phi) is 5.22. The van der Waals surface area contributed by atoms with Crippen molar-refractivity contribution in [1.82, 2.24) is 0 Å². The molecule has 112 valence electrons. The summed E-state index contributed by atoms with van der Waals surface area (Å²) >= 11 is 0. The molecule has 0 heterocycles. The summed E-state index contributed by atoms with van der Waals surface area (Å²) in [6, 6.07) is 9.80. The third-order valence-electron chi connectivity index (χ3n) is 3.01. The van der Waals surface area contributed by atoms with Crippen LogP contribution in [0.2, 0.25) is 0 Å². The van der Waals surface area contributed by atoms with E-state index in [0.717, 1.165) is 4.90 Å². The van der Waals surface area contributed by atoms with Gasteiger partial charge >= 0.3 is 0 Å². The van der Waals surface area contributed by atoms with E-state index in [1.165, 1.54) is 33.7 Å². The van der Waals surface area contributed by atoms with E-state index in [-0.39, 0.29) is 5.41 Å².